The number of benzene rings is 2. The zero-order valence-corrected chi connectivity index (χ0v) is 13.8. The zero-order valence-electron chi connectivity index (χ0n) is 12.2. The highest BCUT2D eigenvalue weighted by atomic mass is 32.2. The van der Waals surface area contributed by atoms with E-state index in [1.807, 2.05) is 60.7 Å². The number of hydrogen-bond donors (Lipinski definition) is 0. The normalized spacial score (nSPS) is 16.6. The van der Waals surface area contributed by atoms with E-state index < -0.39 is 0 Å². The van der Waals surface area contributed by atoms with Crippen LogP contribution in [0.3, 0.4) is 0 Å². The number of nitrogens with zero attached hydrogens (tertiary/aromatic N) is 1. The second-order valence-electron chi connectivity index (χ2n) is 4.95. The Labute approximate surface area is 139 Å². The van der Waals surface area contributed by atoms with E-state index in [9.17, 15) is 4.79 Å². The number of thioether (sulfide) groups is 1. The Balaban J connectivity index is 1.89. The van der Waals surface area contributed by atoms with Crippen LogP contribution in [0.5, 0.6) is 0 Å². The predicted molar refractivity (Wildman–Crippen MR) is 97.9 cm³/mol. The van der Waals surface area contributed by atoms with Gasteiger partial charge in [-0.3, -0.25) is 9.69 Å². The van der Waals surface area contributed by atoms with Crippen molar-refractivity contribution in [3.63, 3.8) is 0 Å². The van der Waals surface area contributed by atoms with Crippen LogP contribution in [-0.2, 0) is 11.2 Å². The van der Waals surface area contributed by atoms with Crippen LogP contribution in [0.25, 0.3) is 6.08 Å². The third-order valence-corrected chi connectivity index (χ3v) is 4.80. The molecule has 1 heterocycles. The van der Waals surface area contributed by atoms with E-state index in [4.69, 9.17) is 12.2 Å². The summed E-state index contributed by atoms with van der Waals surface area (Å²) in [6.45, 7) is 2.11. The zero-order chi connectivity index (χ0) is 15.5. The van der Waals surface area contributed by atoms with Crippen molar-refractivity contribution in [1.29, 1.82) is 0 Å². The van der Waals surface area contributed by atoms with Crippen LogP contribution in [-0.4, -0.2) is 10.2 Å². The van der Waals surface area contributed by atoms with Crippen LogP contribution in [0, 0.1) is 0 Å². The fourth-order valence-electron chi connectivity index (χ4n) is 2.27. The van der Waals surface area contributed by atoms with Crippen molar-refractivity contribution in [3.8, 4) is 0 Å². The molecular weight excluding hydrogens is 310 g/mol. The summed E-state index contributed by atoms with van der Waals surface area (Å²) in [6, 6.07) is 17.8. The van der Waals surface area contributed by atoms with E-state index in [-0.39, 0.29) is 5.91 Å². The van der Waals surface area contributed by atoms with Gasteiger partial charge in [-0.15, -0.1) is 0 Å². The van der Waals surface area contributed by atoms with Crippen LogP contribution < -0.4 is 4.90 Å². The summed E-state index contributed by atoms with van der Waals surface area (Å²) in [7, 11) is 0. The number of aryl methyl sites for hydroxylation is 1. The number of anilines is 1. The van der Waals surface area contributed by atoms with Crippen molar-refractivity contribution < 1.29 is 4.79 Å². The van der Waals surface area contributed by atoms with Gasteiger partial charge >= 0.3 is 0 Å². The smallest absolute Gasteiger partial charge is 0.268 e. The standard InChI is InChI=1S/C18H15NOS2/c1-2-13-8-10-15(11-9-13)19-17(20)16(22-18(19)21)12-14-6-4-3-5-7-14/h3-12H,2H2,1H3/b16-12+. The van der Waals surface area contributed by atoms with E-state index in [2.05, 4.69) is 6.92 Å². The Bertz CT molecular complexity index is 735. The van der Waals surface area contributed by atoms with Gasteiger partial charge in [0, 0.05) is 0 Å². The van der Waals surface area contributed by atoms with Crippen molar-refractivity contribution in [2.75, 3.05) is 4.90 Å². The van der Waals surface area contributed by atoms with Gasteiger partial charge in [0.2, 0.25) is 0 Å². The van der Waals surface area contributed by atoms with Gasteiger partial charge in [-0.2, -0.15) is 0 Å². The van der Waals surface area contributed by atoms with E-state index in [1.165, 1.54) is 17.3 Å². The molecule has 1 aliphatic rings. The molecule has 1 saturated heterocycles. The highest BCUT2D eigenvalue weighted by molar-refractivity contribution is 8.27. The highest BCUT2D eigenvalue weighted by Crippen LogP contribution is 2.36. The Morgan fingerprint density at radius 2 is 1.77 bits per heavy atom. The summed E-state index contributed by atoms with van der Waals surface area (Å²) in [5.74, 6) is -0.0527. The summed E-state index contributed by atoms with van der Waals surface area (Å²) in [4.78, 5) is 14.9. The molecule has 4 heteroatoms. The predicted octanol–water partition coefficient (Wildman–Crippen LogP) is 4.65. The third-order valence-electron chi connectivity index (χ3n) is 3.49. The molecule has 0 bridgehead atoms. The Kier molecular flexibility index (Phi) is 4.41. The molecule has 2 aromatic carbocycles. The molecule has 0 atom stereocenters. The third kappa shape index (κ3) is 2.98. The number of hydrogen-bond acceptors (Lipinski definition) is 3. The van der Waals surface area contributed by atoms with Crippen molar-refractivity contribution in [2.45, 2.75) is 13.3 Å². The molecule has 2 nitrogen and oxygen atoms in total. The number of amides is 1. The summed E-state index contributed by atoms with van der Waals surface area (Å²) in [5.41, 5.74) is 3.08. The molecule has 0 saturated carbocycles. The number of carbonyl (C=O) groups excluding carboxylic acids is 1. The van der Waals surface area contributed by atoms with E-state index in [1.54, 1.807) is 4.90 Å². The molecule has 0 spiro atoms. The van der Waals surface area contributed by atoms with Crippen LogP contribution in [0.4, 0.5) is 5.69 Å². The molecule has 1 amide bonds. The number of carbonyl (C=O) groups is 1. The first-order chi connectivity index (χ1) is 10.7. The second kappa shape index (κ2) is 6.46. The van der Waals surface area contributed by atoms with Gasteiger partial charge in [0.25, 0.3) is 5.91 Å². The summed E-state index contributed by atoms with van der Waals surface area (Å²) >= 11 is 6.73. The van der Waals surface area contributed by atoms with Crippen LogP contribution >= 0.6 is 24.0 Å². The van der Waals surface area contributed by atoms with Crippen molar-refractivity contribution in [1.82, 2.24) is 0 Å². The van der Waals surface area contributed by atoms with Crippen molar-refractivity contribution in [3.05, 3.63) is 70.6 Å². The molecule has 0 radical (unpaired) electrons. The van der Waals surface area contributed by atoms with Crippen LogP contribution in [0.2, 0.25) is 0 Å². The topological polar surface area (TPSA) is 20.3 Å². The minimum absolute atomic E-state index is 0.0527. The minimum atomic E-state index is -0.0527. The van der Waals surface area contributed by atoms with Crippen LogP contribution in [0.1, 0.15) is 18.1 Å². The van der Waals surface area contributed by atoms with E-state index in [0.717, 1.165) is 17.7 Å². The lowest BCUT2D eigenvalue weighted by Crippen LogP contribution is -2.27. The van der Waals surface area contributed by atoms with Crippen molar-refractivity contribution >= 4 is 46.0 Å². The maximum atomic E-state index is 12.6. The van der Waals surface area contributed by atoms with Gasteiger partial charge < -0.3 is 0 Å². The fraction of sp³-hybridized carbons (Fsp3) is 0.111. The second-order valence-corrected chi connectivity index (χ2v) is 6.62. The molecule has 0 aromatic heterocycles. The molecule has 22 heavy (non-hydrogen) atoms. The quantitative estimate of drug-likeness (QED) is 0.605. The van der Waals surface area contributed by atoms with Crippen LogP contribution in [0.15, 0.2) is 59.5 Å². The van der Waals surface area contributed by atoms with Gasteiger partial charge in [-0.25, -0.2) is 0 Å². The van der Waals surface area contributed by atoms with E-state index in [0.29, 0.717) is 9.23 Å². The lowest BCUT2D eigenvalue weighted by molar-refractivity contribution is -0.113. The van der Waals surface area contributed by atoms with Gasteiger partial charge in [-0.1, -0.05) is 73.4 Å². The SMILES string of the molecule is CCc1ccc(N2C(=O)/C(=C\c3ccccc3)SC2=S)cc1. The molecule has 0 unspecified atom stereocenters. The Morgan fingerprint density at radius 3 is 2.41 bits per heavy atom. The van der Waals surface area contributed by atoms with E-state index >= 15 is 0 Å². The molecule has 110 valence electrons. The number of rotatable bonds is 3. The summed E-state index contributed by atoms with van der Waals surface area (Å²) in [6.07, 6.45) is 2.87. The lowest BCUT2D eigenvalue weighted by atomic mass is 10.1. The first-order valence-corrected chi connectivity index (χ1v) is 8.33. The summed E-state index contributed by atoms with van der Waals surface area (Å²) in [5, 5.41) is 0. The number of thiocarbonyl (C=S) groups is 1. The first kappa shape index (κ1) is 15.0. The largest absolute Gasteiger partial charge is 0.270 e. The van der Waals surface area contributed by atoms with Gasteiger partial charge in [0.05, 0.1) is 10.6 Å². The molecule has 2 aromatic rings. The maximum Gasteiger partial charge on any atom is 0.270 e. The molecule has 3 rings (SSSR count). The average molecular weight is 325 g/mol. The monoisotopic (exact) mass is 325 g/mol. The fourth-order valence-corrected chi connectivity index (χ4v) is 3.57. The molecule has 1 fully saturated rings. The maximum absolute atomic E-state index is 12.6. The van der Waals surface area contributed by atoms with Gasteiger partial charge in [0.1, 0.15) is 0 Å². The Morgan fingerprint density at radius 1 is 1.09 bits per heavy atom. The Hall–Kier alpha value is -1.91. The van der Waals surface area contributed by atoms with Gasteiger partial charge in [0.15, 0.2) is 4.32 Å². The first-order valence-electron chi connectivity index (χ1n) is 7.11. The van der Waals surface area contributed by atoms with Gasteiger partial charge in [-0.05, 0) is 35.8 Å². The molecular formula is C18H15NOS2. The summed E-state index contributed by atoms with van der Waals surface area (Å²) < 4.78 is 0.580. The minimum Gasteiger partial charge on any atom is -0.268 e. The molecule has 1 aliphatic heterocycles. The molecule has 0 N–H and O–H groups in total. The molecule has 0 aliphatic carbocycles. The highest BCUT2D eigenvalue weighted by Gasteiger charge is 2.33. The van der Waals surface area contributed by atoms with Crippen molar-refractivity contribution in [2.24, 2.45) is 0 Å². The average Bonchev–Trinajstić information content (AvgIpc) is 2.82. The lowest BCUT2D eigenvalue weighted by Gasteiger charge is -2.14.